The number of nitrogens with zero attached hydrogens (tertiary/aromatic N) is 1. The Hall–Kier alpha value is -1.31. The number of benzene rings is 2. The average molecular weight is 398 g/mol. The van der Waals surface area contributed by atoms with Crippen molar-refractivity contribution in [2.75, 3.05) is 13.2 Å². The Morgan fingerprint density at radius 1 is 1.12 bits per heavy atom. The minimum Gasteiger partial charge on any atom is -0.343 e. The van der Waals surface area contributed by atoms with Crippen LogP contribution in [0.15, 0.2) is 40.1 Å². The quantitative estimate of drug-likeness (QED) is 0.526. The average Bonchev–Trinajstić information content (AvgIpc) is 3.18. The van der Waals surface area contributed by atoms with Gasteiger partial charge >= 0.3 is 0 Å². The van der Waals surface area contributed by atoms with Crippen molar-refractivity contribution in [1.82, 2.24) is 0 Å². The molecule has 8 heteroatoms. The van der Waals surface area contributed by atoms with Gasteiger partial charge in [0.25, 0.3) is 5.69 Å². The molecule has 25 heavy (non-hydrogen) atoms. The van der Waals surface area contributed by atoms with E-state index in [1.165, 1.54) is 11.8 Å². The van der Waals surface area contributed by atoms with Crippen LogP contribution in [0, 0.1) is 10.1 Å². The Balaban J connectivity index is 1.79. The molecule has 2 aromatic rings. The zero-order valence-electron chi connectivity index (χ0n) is 13.0. The van der Waals surface area contributed by atoms with Crippen LogP contribution in [0.25, 0.3) is 0 Å². The first kappa shape index (κ1) is 17.1. The van der Waals surface area contributed by atoms with E-state index in [1.807, 2.05) is 0 Å². The van der Waals surface area contributed by atoms with Gasteiger partial charge in [0.05, 0.1) is 28.1 Å². The Morgan fingerprint density at radius 2 is 1.88 bits per heavy atom. The van der Waals surface area contributed by atoms with Crippen molar-refractivity contribution in [2.45, 2.75) is 28.4 Å². The zero-order chi connectivity index (χ0) is 17.6. The molecular formula is C17H13Cl2NO4S. The highest BCUT2D eigenvalue weighted by Gasteiger charge is 2.45. The summed E-state index contributed by atoms with van der Waals surface area (Å²) in [4.78, 5) is 12.4. The van der Waals surface area contributed by atoms with Crippen LogP contribution in [0.2, 0.25) is 10.0 Å². The molecule has 1 spiro atoms. The second-order valence-corrected chi connectivity index (χ2v) is 7.79. The first-order valence-electron chi connectivity index (χ1n) is 7.71. The van der Waals surface area contributed by atoms with E-state index in [4.69, 9.17) is 32.7 Å². The zero-order valence-corrected chi connectivity index (χ0v) is 15.3. The molecule has 1 aliphatic heterocycles. The van der Waals surface area contributed by atoms with Gasteiger partial charge in [-0.05, 0) is 36.2 Å². The summed E-state index contributed by atoms with van der Waals surface area (Å²) in [7, 11) is 0. The molecule has 0 unspecified atom stereocenters. The van der Waals surface area contributed by atoms with Crippen LogP contribution >= 0.6 is 35.0 Å². The fraction of sp³-hybridized carbons (Fsp3) is 0.294. The molecule has 0 radical (unpaired) electrons. The van der Waals surface area contributed by atoms with Crippen LogP contribution in [0.5, 0.6) is 0 Å². The minimum atomic E-state index is -0.760. The predicted molar refractivity (Wildman–Crippen MR) is 95.6 cm³/mol. The molecule has 0 amide bonds. The normalized spacial score (nSPS) is 17.8. The molecule has 0 N–H and O–H groups in total. The van der Waals surface area contributed by atoms with Crippen LogP contribution in [-0.4, -0.2) is 18.1 Å². The SMILES string of the molecule is O=[N+]([O-])c1cc2c(cc1Sc1ccc(Cl)cc1Cl)C1(CC2)OCCO1. The van der Waals surface area contributed by atoms with Gasteiger partial charge in [-0.1, -0.05) is 35.0 Å². The number of ether oxygens (including phenoxy) is 2. The van der Waals surface area contributed by atoms with E-state index < -0.39 is 5.79 Å². The van der Waals surface area contributed by atoms with Gasteiger partial charge in [-0.15, -0.1) is 0 Å². The lowest BCUT2D eigenvalue weighted by Gasteiger charge is -2.23. The first-order chi connectivity index (χ1) is 12.0. The van der Waals surface area contributed by atoms with Gasteiger partial charge < -0.3 is 9.47 Å². The van der Waals surface area contributed by atoms with Crippen LogP contribution in [0.3, 0.4) is 0 Å². The standard InChI is InChI=1S/C17H13Cl2NO4S/c18-11-1-2-15(13(19)8-11)25-16-9-12-10(7-14(16)20(21)22)3-4-17(12)23-5-6-24-17/h1-2,7-9H,3-6H2. The number of hydrogen-bond acceptors (Lipinski definition) is 5. The largest absolute Gasteiger partial charge is 0.343 e. The van der Waals surface area contributed by atoms with Gasteiger partial charge in [0.15, 0.2) is 5.79 Å². The molecule has 0 atom stereocenters. The predicted octanol–water partition coefficient (Wildman–Crippen LogP) is 5.20. The fourth-order valence-electron chi connectivity index (χ4n) is 3.26. The van der Waals surface area contributed by atoms with E-state index in [1.54, 1.807) is 30.3 Å². The van der Waals surface area contributed by atoms with Gasteiger partial charge in [-0.2, -0.15) is 0 Å². The van der Waals surface area contributed by atoms with E-state index in [0.717, 1.165) is 11.1 Å². The summed E-state index contributed by atoms with van der Waals surface area (Å²) in [5.41, 5.74) is 1.84. The van der Waals surface area contributed by atoms with Crippen LogP contribution in [0.1, 0.15) is 17.5 Å². The summed E-state index contributed by atoms with van der Waals surface area (Å²) in [6.45, 7) is 1.06. The summed E-state index contributed by atoms with van der Waals surface area (Å²) in [6, 6.07) is 8.52. The summed E-state index contributed by atoms with van der Waals surface area (Å²) < 4.78 is 11.7. The number of fused-ring (bicyclic) bond motifs is 2. The molecule has 130 valence electrons. The monoisotopic (exact) mass is 397 g/mol. The number of hydrogen-bond donors (Lipinski definition) is 0. The maximum Gasteiger partial charge on any atom is 0.283 e. The molecule has 4 rings (SSSR count). The molecule has 0 aromatic heterocycles. The third-order valence-corrected chi connectivity index (χ3v) is 6.17. The van der Waals surface area contributed by atoms with Crippen molar-refractivity contribution in [3.8, 4) is 0 Å². The molecule has 1 saturated heterocycles. The number of aryl methyl sites for hydroxylation is 1. The molecule has 5 nitrogen and oxygen atoms in total. The second-order valence-electron chi connectivity index (χ2n) is 5.86. The maximum absolute atomic E-state index is 11.5. The number of nitro groups is 1. The smallest absolute Gasteiger partial charge is 0.283 e. The first-order valence-corrected chi connectivity index (χ1v) is 9.28. The highest BCUT2D eigenvalue weighted by atomic mass is 35.5. The van der Waals surface area contributed by atoms with Crippen molar-refractivity contribution in [3.63, 3.8) is 0 Å². The van der Waals surface area contributed by atoms with Gasteiger partial charge in [0.1, 0.15) is 0 Å². The van der Waals surface area contributed by atoms with Gasteiger partial charge in [0.2, 0.25) is 0 Å². The third kappa shape index (κ3) is 3.02. The molecule has 2 aliphatic rings. The van der Waals surface area contributed by atoms with E-state index in [2.05, 4.69) is 0 Å². The number of nitro benzene ring substituents is 1. The summed E-state index contributed by atoms with van der Waals surface area (Å²) in [5, 5.41) is 12.5. The summed E-state index contributed by atoms with van der Waals surface area (Å²) in [5.74, 6) is -0.760. The lowest BCUT2D eigenvalue weighted by molar-refractivity contribution is -0.387. The van der Waals surface area contributed by atoms with Crippen molar-refractivity contribution in [3.05, 3.63) is 61.6 Å². The molecule has 2 aromatic carbocycles. The van der Waals surface area contributed by atoms with Crippen LogP contribution in [0.4, 0.5) is 5.69 Å². The fourth-order valence-corrected chi connectivity index (χ4v) is 4.73. The summed E-state index contributed by atoms with van der Waals surface area (Å²) >= 11 is 13.4. The molecule has 0 saturated carbocycles. The number of halogens is 2. The lowest BCUT2D eigenvalue weighted by atomic mass is 10.1. The lowest BCUT2D eigenvalue weighted by Crippen LogP contribution is -2.23. The topological polar surface area (TPSA) is 61.6 Å². The Bertz CT molecular complexity index is 868. The third-order valence-electron chi connectivity index (χ3n) is 4.38. The molecule has 1 heterocycles. The summed E-state index contributed by atoms with van der Waals surface area (Å²) in [6.07, 6.45) is 1.37. The molecule has 0 bridgehead atoms. The van der Waals surface area contributed by atoms with Crippen LogP contribution in [-0.2, 0) is 21.7 Å². The van der Waals surface area contributed by atoms with Crippen LogP contribution < -0.4 is 0 Å². The van der Waals surface area contributed by atoms with Gasteiger partial charge in [-0.25, -0.2) is 0 Å². The van der Waals surface area contributed by atoms with E-state index in [0.29, 0.717) is 45.9 Å². The Morgan fingerprint density at radius 3 is 2.56 bits per heavy atom. The van der Waals surface area contributed by atoms with Gasteiger partial charge in [0, 0.05) is 28.0 Å². The van der Waals surface area contributed by atoms with E-state index in [-0.39, 0.29) is 10.6 Å². The second kappa shape index (κ2) is 6.45. The van der Waals surface area contributed by atoms with Gasteiger partial charge in [-0.3, -0.25) is 10.1 Å². The van der Waals surface area contributed by atoms with Crippen molar-refractivity contribution >= 4 is 40.7 Å². The highest BCUT2D eigenvalue weighted by Crippen LogP contribution is 2.48. The molecule has 1 fully saturated rings. The Kier molecular flexibility index (Phi) is 4.42. The number of rotatable bonds is 3. The highest BCUT2D eigenvalue weighted by molar-refractivity contribution is 7.99. The van der Waals surface area contributed by atoms with Crippen molar-refractivity contribution < 1.29 is 14.4 Å². The maximum atomic E-state index is 11.5. The van der Waals surface area contributed by atoms with Crippen molar-refractivity contribution in [1.29, 1.82) is 0 Å². The minimum absolute atomic E-state index is 0.0600. The van der Waals surface area contributed by atoms with E-state index >= 15 is 0 Å². The molecule has 1 aliphatic carbocycles. The van der Waals surface area contributed by atoms with Crippen molar-refractivity contribution in [2.24, 2.45) is 0 Å². The Labute approximate surface area is 158 Å². The van der Waals surface area contributed by atoms with E-state index in [9.17, 15) is 10.1 Å². The molecular weight excluding hydrogens is 385 g/mol.